The molecule has 2 aliphatic rings. The molecule has 2 aromatic carbocycles. The second-order valence-corrected chi connectivity index (χ2v) is 8.64. The summed E-state index contributed by atoms with van der Waals surface area (Å²) in [5.41, 5.74) is 5.00. The van der Waals surface area contributed by atoms with Crippen molar-refractivity contribution in [2.24, 2.45) is 0 Å². The molecule has 1 N–H and O–H groups in total. The topological polar surface area (TPSA) is 96.6 Å². The molecule has 0 spiro atoms. The average molecular weight is 453 g/mol. The third-order valence-electron chi connectivity index (χ3n) is 5.77. The Bertz CT molecular complexity index is 1100. The van der Waals surface area contributed by atoms with Crippen molar-refractivity contribution in [2.45, 2.75) is 18.2 Å². The number of carbonyl (C=O) groups excluding carboxylic acids is 1. The Hall–Kier alpha value is -2.95. The summed E-state index contributed by atoms with van der Waals surface area (Å²) in [6, 6.07) is 13.7. The molecule has 5 rings (SSSR count). The molecule has 32 heavy (non-hydrogen) atoms. The van der Waals surface area contributed by atoms with Gasteiger partial charge in [0.2, 0.25) is 11.1 Å². The first-order chi connectivity index (χ1) is 15.7. The van der Waals surface area contributed by atoms with E-state index in [-0.39, 0.29) is 18.3 Å². The van der Waals surface area contributed by atoms with Crippen molar-refractivity contribution in [3.05, 3.63) is 53.6 Å². The number of nitrogens with zero attached hydrogens (tertiary/aromatic N) is 6. The van der Waals surface area contributed by atoms with Gasteiger partial charge in [0.05, 0.1) is 31.3 Å². The number of fused-ring (bicyclic) bond motifs is 1. The van der Waals surface area contributed by atoms with E-state index in [0.29, 0.717) is 11.7 Å². The zero-order valence-corrected chi connectivity index (χ0v) is 18.4. The van der Waals surface area contributed by atoms with E-state index in [9.17, 15) is 9.90 Å². The second kappa shape index (κ2) is 9.27. The molecule has 10 heteroatoms. The number of benzene rings is 2. The van der Waals surface area contributed by atoms with Gasteiger partial charge in [0, 0.05) is 31.0 Å². The molecule has 1 saturated heterocycles. The van der Waals surface area contributed by atoms with Crippen molar-refractivity contribution in [1.29, 1.82) is 0 Å². The number of morpholine rings is 1. The van der Waals surface area contributed by atoms with Crippen molar-refractivity contribution in [2.75, 3.05) is 48.4 Å². The van der Waals surface area contributed by atoms with Crippen LogP contribution in [0.2, 0.25) is 0 Å². The smallest absolute Gasteiger partial charge is 0.237 e. The summed E-state index contributed by atoms with van der Waals surface area (Å²) in [4.78, 5) is 17.2. The van der Waals surface area contributed by atoms with Gasteiger partial charge in [0.25, 0.3) is 0 Å². The highest BCUT2D eigenvalue weighted by Gasteiger charge is 2.26. The number of ether oxygens (including phenoxy) is 1. The third kappa shape index (κ3) is 4.21. The molecule has 3 heterocycles. The van der Waals surface area contributed by atoms with Gasteiger partial charge in [-0.25, -0.2) is 0 Å². The first-order valence-electron chi connectivity index (χ1n) is 10.6. The van der Waals surface area contributed by atoms with Crippen LogP contribution in [-0.4, -0.2) is 69.8 Å². The molecular weight excluding hydrogens is 428 g/mol. The number of aliphatic hydroxyl groups is 1. The Morgan fingerprint density at radius 3 is 2.62 bits per heavy atom. The number of aromatic nitrogens is 4. The number of amides is 1. The lowest BCUT2D eigenvalue weighted by Crippen LogP contribution is -2.36. The quantitative estimate of drug-likeness (QED) is 0.565. The van der Waals surface area contributed by atoms with Crippen LogP contribution in [0.5, 0.6) is 0 Å². The van der Waals surface area contributed by atoms with E-state index in [1.165, 1.54) is 23.0 Å². The van der Waals surface area contributed by atoms with Gasteiger partial charge in [-0.3, -0.25) is 4.79 Å². The number of rotatable bonds is 6. The number of hydrogen-bond donors (Lipinski definition) is 1. The lowest BCUT2D eigenvalue weighted by Gasteiger charge is -2.29. The maximum absolute atomic E-state index is 13.0. The van der Waals surface area contributed by atoms with E-state index in [4.69, 9.17) is 4.74 Å². The minimum atomic E-state index is -0.0166. The molecule has 0 saturated carbocycles. The maximum Gasteiger partial charge on any atom is 0.237 e. The van der Waals surface area contributed by atoms with Gasteiger partial charge in [0.15, 0.2) is 0 Å². The molecule has 3 aromatic rings. The van der Waals surface area contributed by atoms with Crippen LogP contribution in [0.4, 0.5) is 11.4 Å². The molecule has 9 nitrogen and oxygen atoms in total. The van der Waals surface area contributed by atoms with Gasteiger partial charge in [-0.15, -0.1) is 5.10 Å². The minimum absolute atomic E-state index is 0.0166. The first kappa shape index (κ1) is 20.9. The van der Waals surface area contributed by atoms with Crippen LogP contribution >= 0.6 is 11.8 Å². The first-order valence-corrected chi connectivity index (χ1v) is 11.6. The summed E-state index contributed by atoms with van der Waals surface area (Å²) < 4.78 is 7.05. The zero-order valence-electron chi connectivity index (χ0n) is 17.6. The lowest BCUT2D eigenvalue weighted by molar-refractivity contribution is -0.116. The van der Waals surface area contributed by atoms with Crippen molar-refractivity contribution in [1.82, 2.24) is 20.2 Å². The van der Waals surface area contributed by atoms with E-state index in [1.54, 1.807) is 4.68 Å². The summed E-state index contributed by atoms with van der Waals surface area (Å²) in [5.74, 6) is 0.290. The SMILES string of the molecule is O=C(CSc1nnnn1-c1ccc(CO)cc1)N1CCc2cc(N3CCOCC3)ccc21. The molecule has 166 valence electrons. The summed E-state index contributed by atoms with van der Waals surface area (Å²) in [7, 11) is 0. The van der Waals surface area contributed by atoms with Crippen molar-refractivity contribution in [3.8, 4) is 5.69 Å². The third-order valence-corrected chi connectivity index (χ3v) is 6.67. The molecule has 1 amide bonds. The molecular formula is C22H24N6O3S. The number of hydrogen-bond acceptors (Lipinski definition) is 8. The normalized spacial score (nSPS) is 15.8. The van der Waals surface area contributed by atoms with E-state index < -0.39 is 0 Å². The highest BCUT2D eigenvalue weighted by atomic mass is 32.2. The number of thioether (sulfide) groups is 1. The Morgan fingerprint density at radius 2 is 1.84 bits per heavy atom. The van der Waals surface area contributed by atoms with Crippen molar-refractivity contribution < 1.29 is 14.6 Å². The Balaban J connectivity index is 1.25. The minimum Gasteiger partial charge on any atom is -0.392 e. The molecule has 1 aromatic heterocycles. The number of aliphatic hydroxyl groups excluding tert-OH is 1. The molecule has 2 aliphatic heterocycles. The molecule has 0 aliphatic carbocycles. The van der Waals surface area contributed by atoms with Crippen molar-refractivity contribution in [3.63, 3.8) is 0 Å². The summed E-state index contributed by atoms with van der Waals surface area (Å²) in [6.45, 7) is 3.98. The predicted molar refractivity (Wildman–Crippen MR) is 121 cm³/mol. The van der Waals surface area contributed by atoms with E-state index >= 15 is 0 Å². The van der Waals surface area contributed by atoms with Gasteiger partial charge in [-0.2, -0.15) is 4.68 Å². The van der Waals surface area contributed by atoms with Gasteiger partial charge < -0.3 is 19.6 Å². The van der Waals surface area contributed by atoms with Crippen LogP contribution in [0, 0.1) is 0 Å². The predicted octanol–water partition coefficient (Wildman–Crippen LogP) is 1.67. The fourth-order valence-electron chi connectivity index (χ4n) is 4.04. The van der Waals surface area contributed by atoms with Crippen molar-refractivity contribution >= 4 is 29.0 Å². The highest BCUT2D eigenvalue weighted by molar-refractivity contribution is 7.99. The molecule has 0 unspecified atom stereocenters. The maximum atomic E-state index is 13.0. The zero-order chi connectivity index (χ0) is 21.9. The number of carbonyl (C=O) groups is 1. The Kier molecular flexibility index (Phi) is 6.06. The fourth-order valence-corrected chi connectivity index (χ4v) is 4.81. The molecule has 0 bridgehead atoms. The van der Waals surface area contributed by atoms with Gasteiger partial charge in [0.1, 0.15) is 0 Å². The summed E-state index contributed by atoms with van der Waals surface area (Å²) in [6.07, 6.45) is 0.860. The molecule has 0 atom stereocenters. The lowest BCUT2D eigenvalue weighted by atomic mass is 10.1. The summed E-state index contributed by atoms with van der Waals surface area (Å²) >= 11 is 1.32. The number of tetrazole rings is 1. The van der Waals surface area contributed by atoms with E-state index in [2.05, 4.69) is 38.6 Å². The molecule has 0 radical (unpaired) electrons. The monoisotopic (exact) mass is 452 g/mol. The van der Waals surface area contributed by atoms with Gasteiger partial charge in [-0.1, -0.05) is 23.9 Å². The van der Waals surface area contributed by atoms with Gasteiger partial charge >= 0.3 is 0 Å². The van der Waals surface area contributed by atoms with Crippen LogP contribution in [0.1, 0.15) is 11.1 Å². The average Bonchev–Trinajstić information content (AvgIpc) is 3.50. The standard InChI is InChI=1S/C22H24N6O3S/c29-14-16-1-3-18(4-2-16)28-22(23-24-25-28)32-15-21(30)27-8-7-17-13-19(5-6-20(17)27)26-9-11-31-12-10-26/h1-6,13,29H,7-12,14-15H2. The van der Waals surface area contributed by atoms with Crippen LogP contribution < -0.4 is 9.80 Å². The summed E-state index contributed by atoms with van der Waals surface area (Å²) in [5, 5.41) is 21.6. The Morgan fingerprint density at radius 1 is 1.06 bits per heavy atom. The van der Waals surface area contributed by atoms with Crippen LogP contribution in [0.15, 0.2) is 47.6 Å². The fraction of sp³-hybridized carbons (Fsp3) is 0.364. The largest absolute Gasteiger partial charge is 0.392 e. The van der Waals surface area contributed by atoms with E-state index in [1.807, 2.05) is 29.2 Å². The Labute approximate surface area is 190 Å². The van der Waals surface area contributed by atoms with Crippen LogP contribution in [-0.2, 0) is 22.6 Å². The van der Waals surface area contributed by atoms with Gasteiger partial charge in [-0.05, 0) is 58.3 Å². The number of anilines is 2. The molecule has 1 fully saturated rings. The van der Waals surface area contributed by atoms with Crippen LogP contribution in [0.25, 0.3) is 5.69 Å². The second-order valence-electron chi connectivity index (χ2n) is 7.69. The van der Waals surface area contributed by atoms with Crippen LogP contribution in [0.3, 0.4) is 0 Å². The van der Waals surface area contributed by atoms with E-state index in [0.717, 1.165) is 49.7 Å². The highest BCUT2D eigenvalue weighted by Crippen LogP contribution is 2.33.